The average Bonchev–Trinajstić information content (AvgIpc) is 2.28. The Kier molecular flexibility index (Phi) is 3.74. The smallest absolute Gasteiger partial charge is 0.136 e. The monoisotopic (exact) mass is 244 g/mol. The Morgan fingerprint density at radius 2 is 2.11 bits per heavy atom. The summed E-state index contributed by atoms with van der Waals surface area (Å²) in [4.78, 5) is 8.30. The summed E-state index contributed by atoms with van der Waals surface area (Å²) in [5, 5.41) is 3.20. The maximum absolute atomic E-state index is 5.68. The van der Waals surface area contributed by atoms with Gasteiger partial charge in [-0.25, -0.2) is 9.97 Å². The van der Waals surface area contributed by atoms with Crippen molar-refractivity contribution in [1.29, 1.82) is 0 Å². The molecule has 0 radical (unpaired) electrons. The summed E-state index contributed by atoms with van der Waals surface area (Å²) in [6.07, 6.45) is 0. The van der Waals surface area contributed by atoms with Crippen molar-refractivity contribution in [3.05, 3.63) is 41.7 Å². The van der Waals surface area contributed by atoms with Crippen LogP contribution in [0.2, 0.25) is 0 Å². The first-order valence-corrected chi connectivity index (χ1v) is 5.63. The highest BCUT2D eigenvalue weighted by atomic mass is 16.5. The van der Waals surface area contributed by atoms with Gasteiger partial charge in [0.1, 0.15) is 17.5 Å². The lowest BCUT2D eigenvalue weighted by molar-refractivity contribution is 0.185. The fourth-order valence-corrected chi connectivity index (χ4v) is 1.71. The van der Waals surface area contributed by atoms with Gasteiger partial charge in [-0.1, -0.05) is 12.1 Å². The number of hydrogen-bond acceptors (Lipinski definition) is 5. The molecule has 0 spiro atoms. The number of anilines is 3. The molecule has 0 bridgehead atoms. The molecular formula is C13H16N4O. The van der Waals surface area contributed by atoms with Gasteiger partial charge in [-0.15, -0.1) is 0 Å². The molecule has 0 atom stereocenters. The lowest BCUT2D eigenvalue weighted by atomic mass is 10.2. The SMILES string of the molecule is COCc1cccc(Nc2cc(N)nc(C)n2)c1. The Hall–Kier alpha value is -2.14. The fourth-order valence-electron chi connectivity index (χ4n) is 1.71. The summed E-state index contributed by atoms with van der Waals surface area (Å²) in [5.41, 5.74) is 7.72. The van der Waals surface area contributed by atoms with Crippen molar-refractivity contribution < 1.29 is 4.74 Å². The van der Waals surface area contributed by atoms with Crippen LogP contribution >= 0.6 is 0 Å². The molecule has 3 N–H and O–H groups in total. The minimum atomic E-state index is 0.457. The molecule has 94 valence electrons. The van der Waals surface area contributed by atoms with Gasteiger partial charge in [0.2, 0.25) is 0 Å². The van der Waals surface area contributed by atoms with Gasteiger partial charge in [-0.2, -0.15) is 0 Å². The molecule has 1 aromatic carbocycles. The van der Waals surface area contributed by atoms with Crippen LogP contribution in [0.25, 0.3) is 0 Å². The first kappa shape index (κ1) is 12.3. The van der Waals surface area contributed by atoms with Gasteiger partial charge in [-0.05, 0) is 24.6 Å². The molecule has 18 heavy (non-hydrogen) atoms. The van der Waals surface area contributed by atoms with E-state index in [0.29, 0.717) is 24.1 Å². The van der Waals surface area contributed by atoms with Crippen molar-refractivity contribution in [2.45, 2.75) is 13.5 Å². The van der Waals surface area contributed by atoms with Gasteiger partial charge in [0.05, 0.1) is 6.61 Å². The number of nitrogens with one attached hydrogen (secondary N) is 1. The molecule has 0 aliphatic heterocycles. The summed E-state index contributed by atoms with van der Waals surface area (Å²) in [5.74, 6) is 1.79. The molecule has 5 nitrogen and oxygen atoms in total. The van der Waals surface area contributed by atoms with E-state index in [1.54, 1.807) is 13.2 Å². The first-order chi connectivity index (χ1) is 8.67. The van der Waals surface area contributed by atoms with Crippen molar-refractivity contribution in [2.75, 3.05) is 18.2 Å². The van der Waals surface area contributed by atoms with Crippen molar-refractivity contribution in [3.63, 3.8) is 0 Å². The molecule has 0 amide bonds. The molecule has 2 aromatic rings. The normalized spacial score (nSPS) is 10.3. The molecule has 2 rings (SSSR count). The molecule has 0 aliphatic rings. The van der Waals surface area contributed by atoms with E-state index in [1.807, 2.05) is 31.2 Å². The lowest BCUT2D eigenvalue weighted by Gasteiger charge is -2.08. The molecule has 1 aromatic heterocycles. The number of nitrogens with zero attached hydrogens (tertiary/aromatic N) is 2. The fraction of sp³-hybridized carbons (Fsp3) is 0.231. The van der Waals surface area contributed by atoms with E-state index in [2.05, 4.69) is 15.3 Å². The van der Waals surface area contributed by atoms with Crippen molar-refractivity contribution >= 4 is 17.3 Å². The van der Waals surface area contributed by atoms with Crippen LogP contribution in [0.4, 0.5) is 17.3 Å². The van der Waals surface area contributed by atoms with Gasteiger partial charge in [0.15, 0.2) is 0 Å². The zero-order valence-electron chi connectivity index (χ0n) is 10.5. The number of rotatable bonds is 4. The summed E-state index contributed by atoms with van der Waals surface area (Å²) >= 11 is 0. The molecule has 0 fully saturated rings. The van der Waals surface area contributed by atoms with E-state index in [0.717, 1.165) is 11.3 Å². The van der Waals surface area contributed by atoms with E-state index >= 15 is 0 Å². The number of aromatic nitrogens is 2. The molecular weight excluding hydrogens is 228 g/mol. The number of ether oxygens (including phenoxy) is 1. The number of nitrogens with two attached hydrogens (primary N) is 1. The minimum Gasteiger partial charge on any atom is -0.384 e. The van der Waals surface area contributed by atoms with Crippen LogP contribution in [-0.2, 0) is 11.3 Å². The van der Waals surface area contributed by atoms with Gasteiger partial charge in [-0.3, -0.25) is 0 Å². The Morgan fingerprint density at radius 3 is 2.83 bits per heavy atom. The van der Waals surface area contributed by atoms with E-state index in [9.17, 15) is 0 Å². The Balaban J connectivity index is 2.20. The van der Waals surface area contributed by atoms with Crippen LogP contribution in [0.3, 0.4) is 0 Å². The number of benzene rings is 1. The van der Waals surface area contributed by atoms with Gasteiger partial charge >= 0.3 is 0 Å². The zero-order chi connectivity index (χ0) is 13.0. The summed E-state index contributed by atoms with van der Waals surface area (Å²) in [7, 11) is 1.68. The van der Waals surface area contributed by atoms with E-state index < -0.39 is 0 Å². The number of hydrogen-bond donors (Lipinski definition) is 2. The molecule has 0 saturated heterocycles. The largest absolute Gasteiger partial charge is 0.384 e. The average molecular weight is 244 g/mol. The number of aryl methyl sites for hydroxylation is 1. The predicted molar refractivity (Wildman–Crippen MR) is 71.6 cm³/mol. The van der Waals surface area contributed by atoms with Crippen LogP contribution < -0.4 is 11.1 Å². The lowest BCUT2D eigenvalue weighted by Crippen LogP contribution is -2.01. The Bertz CT molecular complexity index is 522. The standard InChI is InChI=1S/C13H16N4O/c1-9-15-12(14)7-13(16-9)17-11-5-3-4-10(6-11)8-18-2/h3-7H,8H2,1-2H3,(H3,14,15,16,17). The number of methoxy groups -OCH3 is 1. The topological polar surface area (TPSA) is 73.1 Å². The highest BCUT2D eigenvalue weighted by molar-refractivity contribution is 5.59. The Morgan fingerprint density at radius 1 is 1.28 bits per heavy atom. The molecule has 0 aliphatic carbocycles. The molecule has 1 heterocycles. The molecule has 0 unspecified atom stereocenters. The number of nitrogen functional groups attached to an aromatic ring is 1. The molecule has 5 heteroatoms. The minimum absolute atomic E-state index is 0.457. The van der Waals surface area contributed by atoms with Crippen LogP contribution in [0.1, 0.15) is 11.4 Å². The van der Waals surface area contributed by atoms with Crippen LogP contribution in [0.15, 0.2) is 30.3 Å². The van der Waals surface area contributed by atoms with Crippen LogP contribution in [0, 0.1) is 6.92 Å². The van der Waals surface area contributed by atoms with Gasteiger partial charge in [0, 0.05) is 18.9 Å². The zero-order valence-corrected chi connectivity index (χ0v) is 10.5. The Labute approximate surface area is 106 Å². The predicted octanol–water partition coefficient (Wildman–Crippen LogP) is 2.26. The summed E-state index contributed by atoms with van der Waals surface area (Å²) < 4.78 is 5.10. The second-order valence-corrected chi connectivity index (χ2v) is 3.98. The highest BCUT2D eigenvalue weighted by Crippen LogP contribution is 2.17. The summed E-state index contributed by atoms with van der Waals surface area (Å²) in [6, 6.07) is 9.66. The third-order valence-electron chi connectivity index (χ3n) is 2.37. The van der Waals surface area contributed by atoms with Crippen molar-refractivity contribution in [2.24, 2.45) is 0 Å². The maximum atomic E-state index is 5.68. The quantitative estimate of drug-likeness (QED) is 0.863. The van der Waals surface area contributed by atoms with Gasteiger partial charge < -0.3 is 15.8 Å². The van der Waals surface area contributed by atoms with Crippen LogP contribution in [0.5, 0.6) is 0 Å². The van der Waals surface area contributed by atoms with Crippen molar-refractivity contribution in [3.8, 4) is 0 Å². The second-order valence-electron chi connectivity index (χ2n) is 3.98. The second kappa shape index (κ2) is 5.46. The van der Waals surface area contributed by atoms with E-state index in [1.165, 1.54) is 0 Å². The van der Waals surface area contributed by atoms with Gasteiger partial charge in [0.25, 0.3) is 0 Å². The van der Waals surface area contributed by atoms with E-state index in [-0.39, 0.29) is 0 Å². The highest BCUT2D eigenvalue weighted by Gasteiger charge is 2.01. The molecule has 0 saturated carbocycles. The van der Waals surface area contributed by atoms with Crippen LogP contribution in [-0.4, -0.2) is 17.1 Å². The third kappa shape index (κ3) is 3.18. The third-order valence-corrected chi connectivity index (χ3v) is 2.37. The van der Waals surface area contributed by atoms with E-state index in [4.69, 9.17) is 10.5 Å². The maximum Gasteiger partial charge on any atom is 0.136 e. The summed E-state index contributed by atoms with van der Waals surface area (Å²) in [6.45, 7) is 2.39. The first-order valence-electron chi connectivity index (χ1n) is 5.63. The van der Waals surface area contributed by atoms with Crippen molar-refractivity contribution in [1.82, 2.24) is 9.97 Å².